The zero-order valence-corrected chi connectivity index (χ0v) is 11.6. The molecule has 3 nitrogen and oxygen atoms in total. The van der Waals surface area contributed by atoms with Gasteiger partial charge in [-0.2, -0.15) is 0 Å². The van der Waals surface area contributed by atoms with E-state index in [0.717, 1.165) is 42.1 Å². The summed E-state index contributed by atoms with van der Waals surface area (Å²) in [6.07, 6.45) is 5.76. The second-order valence-corrected chi connectivity index (χ2v) is 5.76. The van der Waals surface area contributed by atoms with Crippen LogP contribution in [0.2, 0.25) is 0 Å². The highest BCUT2D eigenvalue weighted by Gasteiger charge is 2.29. The topological polar surface area (TPSA) is 53.4 Å². The fourth-order valence-corrected chi connectivity index (χ4v) is 3.28. The van der Waals surface area contributed by atoms with Gasteiger partial charge in [-0.25, -0.2) is 0 Å². The summed E-state index contributed by atoms with van der Waals surface area (Å²) >= 11 is 0. The van der Waals surface area contributed by atoms with E-state index in [4.69, 9.17) is 0 Å². The first-order valence-electron chi connectivity index (χ1n) is 7.47. The zero-order valence-electron chi connectivity index (χ0n) is 11.6. The van der Waals surface area contributed by atoms with E-state index in [-0.39, 0.29) is 5.92 Å². The van der Waals surface area contributed by atoms with Gasteiger partial charge in [0.1, 0.15) is 6.10 Å². The number of hydrogen-bond donors (Lipinski definition) is 2. The van der Waals surface area contributed by atoms with E-state index in [9.17, 15) is 10.2 Å². The van der Waals surface area contributed by atoms with Crippen LogP contribution in [0.4, 0.5) is 0 Å². The van der Waals surface area contributed by atoms with Gasteiger partial charge in [0.25, 0.3) is 0 Å². The Labute approximate surface area is 119 Å². The highest BCUT2D eigenvalue weighted by Crippen LogP contribution is 2.34. The molecule has 3 rings (SSSR count). The predicted octanol–water partition coefficient (Wildman–Crippen LogP) is 3.21. The highest BCUT2D eigenvalue weighted by molar-refractivity contribution is 5.81. The molecule has 106 valence electrons. The van der Waals surface area contributed by atoms with Crippen molar-refractivity contribution in [2.75, 3.05) is 0 Å². The molecule has 0 saturated heterocycles. The number of aromatic nitrogens is 1. The molecule has 2 aromatic rings. The molecule has 1 aliphatic rings. The van der Waals surface area contributed by atoms with Crippen molar-refractivity contribution in [1.29, 1.82) is 0 Å². The normalized spacial score (nSPS) is 19.9. The molecule has 1 aromatic heterocycles. The van der Waals surface area contributed by atoms with Crippen LogP contribution >= 0.6 is 0 Å². The average Bonchev–Trinajstić information content (AvgIpc) is 2.54. The zero-order chi connectivity index (χ0) is 13.9. The van der Waals surface area contributed by atoms with Crippen molar-refractivity contribution < 1.29 is 10.2 Å². The Hall–Kier alpha value is -1.45. The molecular weight excluding hydrogens is 250 g/mol. The molecule has 1 heterocycles. The van der Waals surface area contributed by atoms with Crippen molar-refractivity contribution in [3.05, 3.63) is 42.1 Å². The fraction of sp³-hybridized carbons (Fsp3) is 0.471. The molecule has 1 fully saturated rings. The van der Waals surface area contributed by atoms with Gasteiger partial charge in [-0.15, -0.1) is 0 Å². The second kappa shape index (κ2) is 5.90. The van der Waals surface area contributed by atoms with Crippen LogP contribution in [0.5, 0.6) is 0 Å². The number of benzene rings is 1. The van der Waals surface area contributed by atoms with Crippen LogP contribution in [-0.2, 0) is 0 Å². The average molecular weight is 271 g/mol. The number of nitrogens with zero attached hydrogens (tertiary/aromatic N) is 1. The summed E-state index contributed by atoms with van der Waals surface area (Å²) in [5, 5.41) is 22.0. The van der Waals surface area contributed by atoms with Crippen molar-refractivity contribution in [2.45, 2.75) is 44.3 Å². The Kier molecular flexibility index (Phi) is 3.99. The number of aliphatic hydroxyl groups excluding tert-OH is 2. The van der Waals surface area contributed by atoms with Crippen LogP contribution in [0.15, 0.2) is 36.5 Å². The molecule has 3 heteroatoms. The van der Waals surface area contributed by atoms with E-state index in [1.165, 1.54) is 6.42 Å². The van der Waals surface area contributed by atoms with Gasteiger partial charge in [-0.3, -0.25) is 4.98 Å². The van der Waals surface area contributed by atoms with Gasteiger partial charge in [0, 0.05) is 17.1 Å². The van der Waals surface area contributed by atoms with Gasteiger partial charge in [0.2, 0.25) is 0 Å². The lowest BCUT2D eigenvalue weighted by Crippen LogP contribution is -2.29. The van der Waals surface area contributed by atoms with Crippen LogP contribution in [0, 0.1) is 5.92 Å². The molecular formula is C17H21NO2. The van der Waals surface area contributed by atoms with E-state index >= 15 is 0 Å². The first-order valence-corrected chi connectivity index (χ1v) is 7.47. The minimum Gasteiger partial charge on any atom is -0.390 e. The van der Waals surface area contributed by atoms with Gasteiger partial charge in [0.15, 0.2) is 0 Å². The van der Waals surface area contributed by atoms with Crippen molar-refractivity contribution >= 4 is 10.9 Å². The number of pyridine rings is 1. The molecule has 0 radical (unpaired) electrons. The van der Waals surface area contributed by atoms with E-state index < -0.39 is 12.2 Å². The Morgan fingerprint density at radius 2 is 1.75 bits per heavy atom. The molecule has 1 aliphatic carbocycles. The molecule has 20 heavy (non-hydrogen) atoms. The number of rotatable bonds is 3. The maximum atomic E-state index is 10.5. The van der Waals surface area contributed by atoms with Crippen LogP contribution in [-0.4, -0.2) is 21.3 Å². The maximum absolute atomic E-state index is 10.5. The molecule has 2 atom stereocenters. The van der Waals surface area contributed by atoms with Gasteiger partial charge in [0.05, 0.1) is 11.6 Å². The summed E-state index contributed by atoms with van der Waals surface area (Å²) in [6.45, 7) is 0. The van der Waals surface area contributed by atoms with Gasteiger partial charge in [-0.05, 0) is 24.8 Å². The largest absolute Gasteiger partial charge is 0.390 e. The molecule has 0 aliphatic heterocycles. The van der Waals surface area contributed by atoms with E-state index in [1.54, 1.807) is 6.20 Å². The standard InChI is InChI=1S/C17H21NO2/c19-16(13-6-2-1-3-7-13)17(20)14-10-4-8-12-9-5-11-18-15(12)14/h4-5,8-11,13,16-17,19-20H,1-3,6-7H2. The minimum atomic E-state index is -0.850. The highest BCUT2D eigenvalue weighted by atomic mass is 16.3. The lowest BCUT2D eigenvalue weighted by molar-refractivity contribution is -0.0279. The summed E-state index contributed by atoms with van der Waals surface area (Å²) in [4.78, 5) is 4.36. The molecule has 0 spiro atoms. The summed E-state index contributed by atoms with van der Waals surface area (Å²) in [5.41, 5.74) is 1.53. The third kappa shape index (κ3) is 2.56. The summed E-state index contributed by atoms with van der Waals surface area (Å²) in [5.74, 6) is 0.206. The van der Waals surface area contributed by atoms with Crippen molar-refractivity contribution in [3.63, 3.8) is 0 Å². The van der Waals surface area contributed by atoms with E-state index in [1.807, 2.05) is 30.3 Å². The first kappa shape index (κ1) is 13.5. The lowest BCUT2D eigenvalue weighted by atomic mass is 9.82. The second-order valence-electron chi connectivity index (χ2n) is 5.76. The summed E-state index contributed by atoms with van der Waals surface area (Å²) < 4.78 is 0. The Morgan fingerprint density at radius 1 is 1.00 bits per heavy atom. The number of fused-ring (bicyclic) bond motifs is 1. The monoisotopic (exact) mass is 271 g/mol. The third-order valence-electron chi connectivity index (χ3n) is 4.44. The SMILES string of the molecule is OC(c1cccc2cccnc12)C(O)C1CCCCC1. The van der Waals surface area contributed by atoms with Crippen molar-refractivity contribution in [1.82, 2.24) is 4.98 Å². The molecule has 2 unspecified atom stereocenters. The molecule has 0 amide bonds. The Morgan fingerprint density at radius 3 is 2.55 bits per heavy atom. The number of para-hydroxylation sites is 1. The van der Waals surface area contributed by atoms with Crippen LogP contribution in [0.25, 0.3) is 10.9 Å². The van der Waals surface area contributed by atoms with Gasteiger partial charge < -0.3 is 10.2 Å². The van der Waals surface area contributed by atoms with Gasteiger partial charge >= 0.3 is 0 Å². The first-order chi connectivity index (χ1) is 9.77. The van der Waals surface area contributed by atoms with Crippen LogP contribution in [0.1, 0.15) is 43.8 Å². The molecule has 1 saturated carbocycles. The van der Waals surface area contributed by atoms with Crippen LogP contribution in [0.3, 0.4) is 0 Å². The van der Waals surface area contributed by atoms with Crippen molar-refractivity contribution in [3.8, 4) is 0 Å². The summed E-state index contributed by atoms with van der Waals surface area (Å²) in [6, 6.07) is 9.62. The van der Waals surface area contributed by atoms with Crippen molar-refractivity contribution in [2.24, 2.45) is 5.92 Å². The Bertz CT molecular complexity index is 573. The fourth-order valence-electron chi connectivity index (χ4n) is 3.28. The molecule has 2 N–H and O–H groups in total. The van der Waals surface area contributed by atoms with Gasteiger partial charge in [-0.1, -0.05) is 43.5 Å². The van der Waals surface area contributed by atoms with E-state index in [0.29, 0.717) is 0 Å². The van der Waals surface area contributed by atoms with E-state index in [2.05, 4.69) is 4.98 Å². The molecule has 0 bridgehead atoms. The predicted molar refractivity (Wildman–Crippen MR) is 79.3 cm³/mol. The Balaban J connectivity index is 1.89. The summed E-state index contributed by atoms with van der Waals surface area (Å²) in [7, 11) is 0. The lowest BCUT2D eigenvalue weighted by Gasteiger charge is -2.30. The number of aliphatic hydroxyl groups is 2. The molecule has 1 aromatic carbocycles. The number of hydrogen-bond acceptors (Lipinski definition) is 3. The third-order valence-corrected chi connectivity index (χ3v) is 4.44. The quantitative estimate of drug-likeness (QED) is 0.901. The maximum Gasteiger partial charge on any atom is 0.107 e. The minimum absolute atomic E-state index is 0.206. The smallest absolute Gasteiger partial charge is 0.107 e. The van der Waals surface area contributed by atoms with Crippen LogP contribution < -0.4 is 0 Å².